The van der Waals surface area contributed by atoms with Gasteiger partial charge in [-0.25, -0.2) is 0 Å². The monoisotopic (exact) mass is 420 g/mol. The average molecular weight is 421 g/mol. The van der Waals surface area contributed by atoms with Crippen molar-refractivity contribution in [3.05, 3.63) is 72.3 Å². The molecule has 4 aromatic carbocycles. The molecule has 2 heteroatoms. The summed E-state index contributed by atoms with van der Waals surface area (Å²) in [6.07, 6.45) is 9.09. The smallest absolute Gasteiger partial charge is 0.178 e. The molecule has 32 heavy (non-hydrogen) atoms. The molecule has 0 aliphatic heterocycles. The lowest BCUT2D eigenvalue weighted by Crippen LogP contribution is -1.86. The standard InChI is InChI=1S/C30H28O2/c1-2-3-4-5-6-7-10-20-13-17-26-25(19-20)23-15-16-24-28-22-12-9-8-11-21(22)14-18-27(28)32-30(24)29(23)31-26/h8-9,11-19H,2-7,10H2,1H3. The Hall–Kier alpha value is -3.26. The van der Waals surface area contributed by atoms with E-state index in [1.807, 2.05) is 0 Å². The summed E-state index contributed by atoms with van der Waals surface area (Å²) in [4.78, 5) is 0. The molecule has 0 aliphatic carbocycles. The van der Waals surface area contributed by atoms with Gasteiger partial charge in [0.15, 0.2) is 11.2 Å². The minimum atomic E-state index is 0.850. The molecule has 0 unspecified atom stereocenters. The fourth-order valence-electron chi connectivity index (χ4n) is 5.15. The quantitative estimate of drug-likeness (QED) is 0.240. The molecule has 0 amide bonds. The van der Waals surface area contributed by atoms with Crippen LogP contribution in [-0.2, 0) is 6.42 Å². The van der Waals surface area contributed by atoms with Gasteiger partial charge in [-0.3, -0.25) is 0 Å². The average Bonchev–Trinajstić information content (AvgIpc) is 3.39. The lowest BCUT2D eigenvalue weighted by molar-refractivity contribution is 0.607. The van der Waals surface area contributed by atoms with E-state index < -0.39 is 0 Å². The summed E-state index contributed by atoms with van der Waals surface area (Å²) in [5.41, 5.74) is 4.95. The molecule has 0 bridgehead atoms. The molecule has 0 saturated heterocycles. The third-order valence-corrected chi connectivity index (χ3v) is 6.85. The number of hydrogen-bond donors (Lipinski definition) is 0. The second-order valence-electron chi connectivity index (χ2n) is 9.03. The van der Waals surface area contributed by atoms with Gasteiger partial charge in [0.05, 0.1) is 0 Å². The highest BCUT2D eigenvalue weighted by atomic mass is 16.4. The molecule has 0 fully saturated rings. The van der Waals surface area contributed by atoms with Crippen molar-refractivity contribution in [1.82, 2.24) is 0 Å². The van der Waals surface area contributed by atoms with Crippen LogP contribution in [0.15, 0.2) is 75.6 Å². The number of benzene rings is 4. The first-order valence-corrected chi connectivity index (χ1v) is 12.0. The molecule has 2 heterocycles. The van der Waals surface area contributed by atoms with Crippen molar-refractivity contribution in [3.63, 3.8) is 0 Å². The Labute approximate surface area is 187 Å². The second kappa shape index (κ2) is 8.02. The van der Waals surface area contributed by atoms with E-state index in [2.05, 4.69) is 73.7 Å². The van der Waals surface area contributed by atoms with Crippen LogP contribution in [0.2, 0.25) is 0 Å². The van der Waals surface area contributed by atoms with Gasteiger partial charge in [-0.1, -0.05) is 75.4 Å². The van der Waals surface area contributed by atoms with Crippen molar-refractivity contribution in [2.45, 2.75) is 51.9 Å². The Morgan fingerprint density at radius 2 is 1.34 bits per heavy atom. The van der Waals surface area contributed by atoms with E-state index in [9.17, 15) is 0 Å². The van der Waals surface area contributed by atoms with Crippen molar-refractivity contribution in [2.24, 2.45) is 0 Å². The van der Waals surface area contributed by atoms with Crippen LogP contribution < -0.4 is 0 Å². The van der Waals surface area contributed by atoms with E-state index in [0.717, 1.165) is 39.5 Å². The molecule has 0 aliphatic rings. The van der Waals surface area contributed by atoms with Crippen LogP contribution in [0.3, 0.4) is 0 Å². The molecule has 0 radical (unpaired) electrons. The van der Waals surface area contributed by atoms with Crippen molar-refractivity contribution in [1.29, 1.82) is 0 Å². The molecule has 2 aromatic heterocycles. The highest BCUT2D eigenvalue weighted by Crippen LogP contribution is 2.41. The molecule has 0 saturated carbocycles. The van der Waals surface area contributed by atoms with E-state index >= 15 is 0 Å². The van der Waals surface area contributed by atoms with Gasteiger partial charge in [0.25, 0.3) is 0 Å². The largest absolute Gasteiger partial charge is 0.452 e. The number of aryl methyl sites for hydroxylation is 1. The molecular formula is C30H28O2. The second-order valence-corrected chi connectivity index (χ2v) is 9.03. The normalized spacial score (nSPS) is 12.2. The highest BCUT2D eigenvalue weighted by molar-refractivity contribution is 6.24. The molecule has 2 nitrogen and oxygen atoms in total. The van der Waals surface area contributed by atoms with E-state index in [1.54, 1.807) is 0 Å². The first kappa shape index (κ1) is 19.4. The van der Waals surface area contributed by atoms with Gasteiger partial charge in [-0.15, -0.1) is 0 Å². The Morgan fingerprint density at radius 3 is 2.28 bits per heavy atom. The van der Waals surface area contributed by atoms with Crippen LogP contribution >= 0.6 is 0 Å². The summed E-state index contributed by atoms with van der Waals surface area (Å²) in [6.45, 7) is 2.27. The maximum Gasteiger partial charge on any atom is 0.178 e. The van der Waals surface area contributed by atoms with Crippen molar-refractivity contribution < 1.29 is 8.83 Å². The number of unbranched alkanes of at least 4 members (excludes halogenated alkanes) is 5. The van der Waals surface area contributed by atoms with Crippen LogP contribution in [0.5, 0.6) is 0 Å². The maximum absolute atomic E-state index is 6.35. The van der Waals surface area contributed by atoms with Crippen LogP contribution in [-0.4, -0.2) is 0 Å². The predicted molar refractivity (Wildman–Crippen MR) is 136 cm³/mol. The van der Waals surface area contributed by atoms with E-state index in [1.165, 1.54) is 65.6 Å². The minimum absolute atomic E-state index is 0.850. The zero-order valence-electron chi connectivity index (χ0n) is 18.6. The number of furan rings is 2. The molecule has 6 aromatic rings. The van der Waals surface area contributed by atoms with Crippen LogP contribution in [0.25, 0.3) is 54.6 Å². The summed E-state index contributed by atoms with van der Waals surface area (Å²) in [5, 5.41) is 7.07. The van der Waals surface area contributed by atoms with Crippen molar-refractivity contribution in [3.8, 4) is 0 Å². The van der Waals surface area contributed by atoms with E-state index in [4.69, 9.17) is 8.83 Å². The van der Waals surface area contributed by atoms with Gasteiger partial charge in [-0.2, -0.15) is 0 Å². The number of rotatable bonds is 7. The first-order valence-electron chi connectivity index (χ1n) is 12.0. The van der Waals surface area contributed by atoms with Gasteiger partial charge < -0.3 is 8.83 Å². The SMILES string of the molecule is CCCCCCCCc1ccc2oc3c(ccc4c3oc3ccc5ccccc5c34)c2c1. The van der Waals surface area contributed by atoms with Crippen molar-refractivity contribution >= 4 is 54.6 Å². The van der Waals surface area contributed by atoms with Crippen LogP contribution in [0, 0.1) is 0 Å². The molecule has 0 atom stereocenters. The third kappa shape index (κ3) is 3.17. The molecular weight excluding hydrogens is 392 g/mol. The minimum Gasteiger partial charge on any atom is -0.452 e. The summed E-state index contributed by atoms with van der Waals surface area (Å²) < 4.78 is 12.7. The summed E-state index contributed by atoms with van der Waals surface area (Å²) in [6, 6.07) is 23.8. The summed E-state index contributed by atoms with van der Waals surface area (Å²) >= 11 is 0. The lowest BCUT2D eigenvalue weighted by Gasteiger charge is -2.02. The number of fused-ring (bicyclic) bond motifs is 9. The van der Waals surface area contributed by atoms with Crippen LogP contribution in [0.4, 0.5) is 0 Å². The Balaban J connectivity index is 1.41. The molecule has 0 N–H and O–H groups in total. The molecule has 160 valence electrons. The first-order chi connectivity index (χ1) is 15.8. The fourth-order valence-corrected chi connectivity index (χ4v) is 5.15. The predicted octanol–water partition coefficient (Wildman–Crippen LogP) is 9.54. The Bertz CT molecular complexity index is 1560. The van der Waals surface area contributed by atoms with Gasteiger partial charge in [-0.05, 0) is 59.5 Å². The zero-order valence-corrected chi connectivity index (χ0v) is 18.6. The Morgan fingerprint density at radius 1 is 0.594 bits per heavy atom. The molecule has 6 rings (SSSR count). The molecule has 0 spiro atoms. The van der Waals surface area contributed by atoms with Gasteiger partial charge in [0.2, 0.25) is 0 Å². The van der Waals surface area contributed by atoms with E-state index in [-0.39, 0.29) is 0 Å². The number of hydrogen-bond acceptors (Lipinski definition) is 2. The van der Waals surface area contributed by atoms with Crippen molar-refractivity contribution in [2.75, 3.05) is 0 Å². The lowest BCUT2D eigenvalue weighted by atomic mass is 10.0. The zero-order chi connectivity index (χ0) is 21.5. The Kier molecular flexibility index (Phi) is 4.87. The van der Waals surface area contributed by atoms with Gasteiger partial charge in [0.1, 0.15) is 11.2 Å². The third-order valence-electron chi connectivity index (χ3n) is 6.85. The van der Waals surface area contributed by atoms with E-state index in [0.29, 0.717) is 0 Å². The highest BCUT2D eigenvalue weighted by Gasteiger charge is 2.17. The van der Waals surface area contributed by atoms with Gasteiger partial charge in [0, 0.05) is 21.5 Å². The summed E-state index contributed by atoms with van der Waals surface area (Å²) in [5.74, 6) is 0. The maximum atomic E-state index is 6.35. The van der Waals surface area contributed by atoms with Gasteiger partial charge >= 0.3 is 0 Å². The topological polar surface area (TPSA) is 26.3 Å². The van der Waals surface area contributed by atoms with Crippen LogP contribution in [0.1, 0.15) is 51.0 Å². The summed E-state index contributed by atoms with van der Waals surface area (Å²) in [7, 11) is 0. The fraction of sp³-hybridized carbons (Fsp3) is 0.267.